The lowest BCUT2D eigenvalue weighted by Crippen LogP contribution is -2.41. The fraction of sp³-hybridized carbons (Fsp3) is 1.00. The highest BCUT2D eigenvalue weighted by molar-refractivity contribution is 4.80. The first-order chi connectivity index (χ1) is 7.77. The fourth-order valence-corrected chi connectivity index (χ4v) is 2.44. The van der Waals surface area contributed by atoms with E-state index in [2.05, 4.69) is 31.2 Å². The summed E-state index contributed by atoms with van der Waals surface area (Å²) < 4.78 is 5.53. The van der Waals surface area contributed by atoms with Crippen molar-refractivity contribution in [3.63, 3.8) is 0 Å². The van der Waals surface area contributed by atoms with Crippen LogP contribution in [0.5, 0.6) is 0 Å². The number of hydrogen-bond donors (Lipinski definition) is 1. The quantitative estimate of drug-likeness (QED) is 0.673. The molecule has 0 atom stereocenters. The van der Waals surface area contributed by atoms with Gasteiger partial charge >= 0.3 is 0 Å². The Morgan fingerprint density at radius 1 is 1.19 bits per heavy atom. The van der Waals surface area contributed by atoms with Gasteiger partial charge in [0, 0.05) is 25.2 Å². The Morgan fingerprint density at radius 2 is 1.88 bits per heavy atom. The van der Waals surface area contributed by atoms with Gasteiger partial charge in [0.1, 0.15) is 0 Å². The number of likely N-dealkylation sites (N-methyl/N-ethyl adjacent to an activating group) is 1. The van der Waals surface area contributed by atoms with Crippen molar-refractivity contribution in [2.45, 2.75) is 51.1 Å². The predicted octanol–water partition coefficient (Wildman–Crippen LogP) is 1.88. The highest BCUT2D eigenvalue weighted by Crippen LogP contribution is 2.21. The van der Waals surface area contributed by atoms with Crippen molar-refractivity contribution >= 4 is 0 Å². The van der Waals surface area contributed by atoms with Crippen LogP contribution < -0.4 is 5.32 Å². The van der Waals surface area contributed by atoms with Crippen LogP contribution in [0.1, 0.15) is 39.0 Å². The van der Waals surface area contributed by atoms with Crippen molar-refractivity contribution in [1.82, 2.24) is 10.2 Å². The summed E-state index contributed by atoms with van der Waals surface area (Å²) in [4.78, 5) is 2.47. The largest absolute Gasteiger partial charge is 0.380 e. The standard InChI is InChI=1S/C13H28N2O/c1-4-10-16-11-9-15(3)13-7-5-12(14-2)6-8-13/h12-14H,4-11H2,1-3H3. The van der Waals surface area contributed by atoms with E-state index in [9.17, 15) is 0 Å². The summed E-state index contributed by atoms with van der Waals surface area (Å²) in [6, 6.07) is 1.52. The minimum atomic E-state index is 0.751. The van der Waals surface area contributed by atoms with Crippen LogP contribution in [-0.4, -0.2) is 50.8 Å². The summed E-state index contributed by atoms with van der Waals surface area (Å²) >= 11 is 0. The van der Waals surface area contributed by atoms with E-state index >= 15 is 0 Å². The third kappa shape index (κ3) is 4.81. The number of nitrogens with one attached hydrogen (secondary N) is 1. The molecule has 1 fully saturated rings. The Morgan fingerprint density at radius 3 is 2.44 bits per heavy atom. The summed E-state index contributed by atoms with van der Waals surface area (Å²) in [5, 5.41) is 3.38. The van der Waals surface area contributed by atoms with Gasteiger partial charge in [0.2, 0.25) is 0 Å². The van der Waals surface area contributed by atoms with Crippen LogP contribution >= 0.6 is 0 Å². The Hall–Kier alpha value is -0.120. The molecule has 1 saturated carbocycles. The van der Waals surface area contributed by atoms with E-state index in [1.165, 1.54) is 25.7 Å². The summed E-state index contributed by atoms with van der Waals surface area (Å²) in [5.74, 6) is 0. The molecule has 0 radical (unpaired) electrons. The molecule has 16 heavy (non-hydrogen) atoms. The molecule has 0 unspecified atom stereocenters. The van der Waals surface area contributed by atoms with Crippen LogP contribution in [0, 0.1) is 0 Å². The van der Waals surface area contributed by atoms with E-state index < -0.39 is 0 Å². The first-order valence-electron chi connectivity index (χ1n) is 6.73. The van der Waals surface area contributed by atoms with Crippen molar-refractivity contribution in [3.8, 4) is 0 Å². The second-order valence-electron chi connectivity index (χ2n) is 4.89. The van der Waals surface area contributed by atoms with Crippen LogP contribution in [0.3, 0.4) is 0 Å². The number of nitrogens with zero attached hydrogens (tertiary/aromatic N) is 1. The molecule has 0 aromatic heterocycles. The Bertz CT molecular complexity index is 167. The molecule has 1 rings (SSSR count). The zero-order valence-corrected chi connectivity index (χ0v) is 11.2. The van der Waals surface area contributed by atoms with E-state index in [0.717, 1.165) is 38.3 Å². The summed E-state index contributed by atoms with van der Waals surface area (Å²) in [7, 11) is 4.31. The van der Waals surface area contributed by atoms with E-state index in [1.807, 2.05) is 0 Å². The molecule has 0 amide bonds. The number of hydrogen-bond acceptors (Lipinski definition) is 3. The lowest BCUT2D eigenvalue weighted by atomic mass is 9.90. The Balaban J connectivity index is 2.10. The molecule has 0 bridgehead atoms. The van der Waals surface area contributed by atoms with Gasteiger partial charge in [-0.2, -0.15) is 0 Å². The van der Waals surface area contributed by atoms with Crippen LogP contribution in [0.25, 0.3) is 0 Å². The maximum absolute atomic E-state index is 5.53. The molecule has 1 N–H and O–H groups in total. The summed E-state index contributed by atoms with van der Waals surface area (Å²) in [6.45, 7) is 5.02. The highest BCUT2D eigenvalue weighted by atomic mass is 16.5. The molecular formula is C13H28N2O. The average Bonchev–Trinajstić information content (AvgIpc) is 2.34. The highest BCUT2D eigenvalue weighted by Gasteiger charge is 2.22. The minimum Gasteiger partial charge on any atom is -0.380 e. The van der Waals surface area contributed by atoms with Gasteiger partial charge < -0.3 is 15.0 Å². The normalized spacial score (nSPS) is 26.2. The predicted molar refractivity (Wildman–Crippen MR) is 68.8 cm³/mol. The molecule has 1 aliphatic carbocycles. The Kier molecular flexibility index (Phi) is 7.01. The molecule has 3 nitrogen and oxygen atoms in total. The maximum atomic E-state index is 5.53. The van der Waals surface area contributed by atoms with Gasteiger partial charge in [-0.25, -0.2) is 0 Å². The van der Waals surface area contributed by atoms with Crippen LogP contribution in [-0.2, 0) is 4.74 Å². The third-order valence-corrected chi connectivity index (χ3v) is 3.67. The van der Waals surface area contributed by atoms with E-state index in [4.69, 9.17) is 4.74 Å². The molecule has 1 aliphatic rings. The molecule has 0 spiro atoms. The van der Waals surface area contributed by atoms with Crippen LogP contribution in [0.2, 0.25) is 0 Å². The third-order valence-electron chi connectivity index (χ3n) is 3.67. The first kappa shape index (κ1) is 13.9. The van der Waals surface area contributed by atoms with E-state index in [-0.39, 0.29) is 0 Å². The van der Waals surface area contributed by atoms with Gasteiger partial charge in [0.25, 0.3) is 0 Å². The molecule has 0 aliphatic heterocycles. The van der Waals surface area contributed by atoms with Gasteiger partial charge in [0.15, 0.2) is 0 Å². The lowest BCUT2D eigenvalue weighted by molar-refractivity contribution is 0.0876. The summed E-state index contributed by atoms with van der Waals surface area (Å²) in [6.07, 6.45) is 6.42. The second kappa shape index (κ2) is 8.04. The van der Waals surface area contributed by atoms with Crippen molar-refractivity contribution in [3.05, 3.63) is 0 Å². The number of rotatable bonds is 7. The molecule has 0 heterocycles. The van der Waals surface area contributed by atoms with Gasteiger partial charge in [-0.05, 0) is 46.2 Å². The molecule has 0 aromatic rings. The first-order valence-corrected chi connectivity index (χ1v) is 6.73. The van der Waals surface area contributed by atoms with E-state index in [0.29, 0.717) is 0 Å². The molecule has 3 heteroatoms. The van der Waals surface area contributed by atoms with Crippen molar-refractivity contribution in [2.24, 2.45) is 0 Å². The van der Waals surface area contributed by atoms with E-state index in [1.54, 1.807) is 0 Å². The van der Waals surface area contributed by atoms with Gasteiger partial charge in [-0.15, -0.1) is 0 Å². The van der Waals surface area contributed by atoms with Crippen LogP contribution in [0.4, 0.5) is 0 Å². The SMILES string of the molecule is CCCOCCN(C)C1CCC(NC)CC1. The fourth-order valence-electron chi connectivity index (χ4n) is 2.44. The molecule has 0 aromatic carbocycles. The lowest BCUT2D eigenvalue weighted by Gasteiger charge is -2.34. The summed E-state index contributed by atoms with van der Waals surface area (Å²) in [5.41, 5.74) is 0. The second-order valence-corrected chi connectivity index (χ2v) is 4.89. The smallest absolute Gasteiger partial charge is 0.0593 e. The molecule has 0 saturated heterocycles. The van der Waals surface area contributed by atoms with Gasteiger partial charge in [-0.1, -0.05) is 6.92 Å². The van der Waals surface area contributed by atoms with Gasteiger partial charge in [0.05, 0.1) is 6.61 Å². The zero-order valence-electron chi connectivity index (χ0n) is 11.2. The monoisotopic (exact) mass is 228 g/mol. The zero-order chi connectivity index (χ0) is 11.8. The van der Waals surface area contributed by atoms with Crippen molar-refractivity contribution in [1.29, 1.82) is 0 Å². The van der Waals surface area contributed by atoms with Crippen molar-refractivity contribution in [2.75, 3.05) is 33.9 Å². The van der Waals surface area contributed by atoms with Crippen LogP contribution in [0.15, 0.2) is 0 Å². The number of ether oxygens (including phenoxy) is 1. The van der Waals surface area contributed by atoms with Crippen molar-refractivity contribution < 1.29 is 4.74 Å². The molecule has 96 valence electrons. The van der Waals surface area contributed by atoms with Gasteiger partial charge in [-0.3, -0.25) is 0 Å². The minimum absolute atomic E-state index is 0.751. The topological polar surface area (TPSA) is 24.5 Å². The maximum Gasteiger partial charge on any atom is 0.0593 e. The Labute approximate surface area is 101 Å². The average molecular weight is 228 g/mol. The molecular weight excluding hydrogens is 200 g/mol.